The van der Waals surface area contributed by atoms with E-state index in [1.807, 2.05) is 72.9 Å². The molecule has 2 aliphatic heterocycles. The molecular formula is C32H22O2S2. The highest BCUT2D eigenvalue weighted by molar-refractivity contribution is 8.17. The number of ketones is 2. The van der Waals surface area contributed by atoms with E-state index >= 15 is 0 Å². The third-order valence-electron chi connectivity index (χ3n) is 7.04. The molecule has 0 aromatic heterocycles. The number of carbonyl (C=O) groups excluding carboxylic acids is 2. The summed E-state index contributed by atoms with van der Waals surface area (Å²) in [7, 11) is -0.635. The highest BCUT2D eigenvalue weighted by Gasteiger charge is 2.34. The maximum atomic E-state index is 13.2. The molecular weight excluding hydrogens is 480 g/mol. The smallest absolute Gasteiger partial charge is 0.175 e. The zero-order valence-corrected chi connectivity index (χ0v) is 21.0. The van der Waals surface area contributed by atoms with Crippen molar-refractivity contribution in [1.82, 2.24) is 0 Å². The molecule has 0 bridgehead atoms. The Kier molecular flexibility index (Phi) is 5.12. The molecule has 2 heterocycles. The highest BCUT2D eigenvalue weighted by Crippen LogP contribution is 2.49. The van der Waals surface area contributed by atoms with Crippen molar-refractivity contribution in [1.29, 1.82) is 0 Å². The second-order valence-corrected chi connectivity index (χ2v) is 13.0. The van der Waals surface area contributed by atoms with Gasteiger partial charge in [-0.25, -0.2) is 0 Å². The van der Waals surface area contributed by atoms with Crippen LogP contribution in [0.25, 0.3) is 0 Å². The summed E-state index contributed by atoms with van der Waals surface area (Å²) in [5.41, 5.74) is 1.66. The van der Waals surface area contributed by atoms with Crippen molar-refractivity contribution >= 4 is 42.3 Å². The first kappa shape index (κ1) is 21.7. The summed E-state index contributed by atoms with van der Waals surface area (Å²) < 4.78 is 0. The molecule has 4 aliphatic rings. The fourth-order valence-corrected chi connectivity index (χ4v) is 10.3. The predicted molar refractivity (Wildman–Crippen MR) is 150 cm³/mol. The third kappa shape index (κ3) is 3.22. The predicted octanol–water partition coefficient (Wildman–Crippen LogP) is 7.28. The van der Waals surface area contributed by atoms with Crippen molar-refractivity contribution in [2.75, 3.05) is 0 Å². The van der Waals surface area contributed by atoms with Gasteiger partial charge >= 0.3 is 0 Å². The fraction of sp³-hybridized carbons (Fsp3) is 0.0625. The number of rotatable bonds is 2. The summed E-state index contributed by atoms with van der Waals surface area (Å²) in [6.45, 7) is 0. The van der Waals surface area contributed by atoms with E-state index in [9.17, 15) is 9.59 Å². The Morgan fingerprint density at radius 2 is 0.917 bits per heavy atom. The van der Waals surface area contributed by atoms with E-state index in [4.69, 9.17) is 0 Å². The molecule has 7 rings (SSSR count). The lowest BCUT2D eigenvalue weighted by Crippen LogP contribution is -2.27. The molecule has 0 fully saturated rings. The van der Waals surface area contributed by atoms with Gasteiger partial charge in [0.05, 0.1) is 11.8 Å². The summed E-state index contributed by atoms with van der Waals surface area (Å²) in [5, 5.41) is 0. The van der Waals surface area contributed by atoms with E-state index in [0.717, 1.165) is 20.9 Å². The van der Waals surface area contributed by atoms with Gasteiger partial charge in [-0.05, 0) is 46.1 Å². The molecule has 3 aromatic carbocycles. The Morgan fingerprint density at radius 3 is 1.36 bits per heavy atom. The van der Waals surface area contributed by atoms with E-state index < -0.39 is 0 Å². The monoisotopic (exact) mass is 502 g/mol. The van der Waals surface area contributed by atoms with Crippen molar-refractivity contribution in [3.63, 3.8) is 0 Å². The number of carbonyl (C=O) groups is 2. The van der Waals surface area contributed by atoms with Gasteiger partial charge < -0.3 is 0 Å². The summed E-state index contributed by atoms with van der Waals surface area (Å²) in [5.74, 6) is -0.0137. The average molecular weight is 503 g/mol. The zero-order valence-electron chi connectivity index (χ0n) is 19.3. The van der Waals surface area contributed by atoms with Crippen molar-refractivity contribution < 1.29 is 9.59 Å². The molecule has 174 valence electrons. The van der Waals surface area contributed by atoms with Crippen molar-refractivity contribution in [2.45, 2.75) is 19.6 Å². The summed E-state index contributed by atoms with van der Waals surface area (Å²) in [6.07, 6.45) is 16.3. The van der Waals surface area contributed by atoms with Crippen LogP contribution in [0.5, 0.6) is 0 Å². The van der Waals surface area contributed by atoms with Crippen LogP contribution in [0, 0.1) is 11.8 Å². The number of benzene rings is 3. The van der Waals surface area contributed by atoms with E-state index in [1.54, 1.807) is 0 Å². The number of hydrogen-bond donors (Lipinski definition) is 0. The van der Waals surface area contributed by atoms with Crippen LogP contribution in [0.15, 0.2) is 141 Å². The van der Waals surface area contributed by atoms with Crippen molar-refractivity contribution in [3.8, 4) is 0 Å². The van der Waals surface area contributed by atoms with Gasteiger partial charge in [0.25, 0.3) is 0 Å². The Balaban J connectivity index is 1.40. The van der Waals surface area contributed by atoms with Crippen LogP contribution in [0.3, 0.4) is 0 Å². The quantitative estimate of drug-likeness (QED) is 0.345. The van der Waals surface area contributed by atoms with Crippen molar-refractivity contribution in [2.24, 2.45) is 11.8 Å². The summed E-state index contributed by atoms with van der Waals surface area (Å²) >= 11 is 0. The first-order valence-corrected chi connectivity index (χ1v) is 14.5. The van der Waals surface area contributed by atoms with Crippen LogP contribution in [-0.4, -0.2) is 21.3 Å². The minimum absolute atomic E-state index is 0.186. The van der Waals surface area contributed by atoms with Gasteiger partial charge in [0.2, 0.25) is 0 Å². The number of fused-ring (bicyclic) bond motifs is 4. The molecule has 4 unspecified atom stereocenters. The first-order valence-electron chi connectivity index (χ1n) is 12.0. The van der Waals surface area contributed by atoms with Gasteiger partial charge in [0.1, 0.15) is 0 Å². The van der Waals surface area contributed by atoms with Crippen LogP contribution in [-0.2, 0) is 0 Å². The standard InChI is InChI=1S/C32H22O2S2/c33-31-23-9-1-5-13-27(23)35(28-14-6-2-10-24(28)31)21-17-19-22(20-18-21)36-29-15-7-3-11-25(29)32(34)26-12-4-8-16-30(26)36/h1-20,23,25H. The zero-order chi connectivity index (χ0) is 24.2. The van der Waals surface area contributed by atoms with Crippen molar-refractivity contribution in [3.05, 3.63) is 133 Å². The highest BCUT2D eigenvalue weighted by atomic mass is 32.2. The molecule has 2 aliphatic carbocycles. The van der Waals surface area contributed by atoms with Crippen LogP contribution >= 0.6 is 21.0 Å². The van der Waals surface area contributed by atoms with Crippen LogP contribution in [0.2, 0.25) is 0 Å². The Bertz CT molecular complexity index is 1540. The van der Waals surface area contributed by atoms with Gasteiger partial charge in [-0.2, -0.15) is 0 Å². The minimum atomic E-state index is -0.317. The number of Topliss-reactive ketones (excluding diaryl/α,β-unsaturated/α-hetero) is 2. The maximum Gasteiger partial charge on any atom is 0.175 e. The van der Waals surface area contributed by atoms with Gasteiger partial charge in [0, 0.05) is 30.7 Å². The Hall–Kier alpha value is -3.60. The van der Waals surface area contributed by atoms with Gasteiger partial charge in [-0.15, -0.1) is 21.0 Å². The molecule has 3 aromatic rings. The molecule has 0 saturated heterocycles. The molecule has 2 nitrogen and oxygen atoms in total. The lowest BCUT2D eigenvalue weighted by Gasteiger charge is -2.30. The summed E-state index contributed by atoms with van der Waals surface area (Å²) in [4.78, 5) is 33.4. The first-order chi connectivity index (χ1) is 17.7. The lowest BCUT2D eigenvalue weighted by atomic mass is 9.91. The molecule has 36 heavy (non-hydrogen) atoms. The fourth-order valence-electron chi connectivity index (χ4n) is 5.39. The van der Waals surface area contributed by atoms with E-state index in [1.165, 1.54) is 19.5 Å². The van der Waals surface area contributed by atoms with Crippen LogP contribution < -0.4 is 0 Å². The molecule has 0 spiro atoms. The number of allylic oxidation sites excluding steroid dienone is 8. The van der Waals surface area contributed by atoms with E-state index in [-0.39, 0.29) is 44.4 Å². The molecule has 0 amide bonds. The molecule has 4 heteroatoms. The Morgan fingerprint density at radius 1 is 0.500 bits per heavy atom. The largest absolute Gasteiger partial charge is 0.293 e. The molecule has 4 atom stereocenters. The van der Waals surface area contributed by atoms with Gasteiger partial charge in [-0.1, -0.05) is 85.0 Å². The Labute approximate surface area is 215 Å². The maximum absolute atomic E-state index is 13.2. The third-order valence-corrected chi connectivity index (χ3v) is 11.8. The van der Waals surface area contributed by atoms with Gasteiger partial charge in [-0.3, -0.25) is 9.59 Å². The molecule has 0 N–H and O–H groups in total. The average Bonchev–Trinajstić information content (AvgIpc) is 2.94. The van der Waals surface area contributed by atoms with Crippen LogP contribution in [0.4, 0.5) is 0 Å². The van der Waals surface area contributed by atoms with Crippen LogP contribution in [0.1, 0.15) is 20.7 Å². The molecule has 0 radical (unpaired) electrons. The summed E-state index contributed by atoms with van der Waals surface area (Å²) in [6, 6.07) is 25.0. The molecule has 0 saturated carbocycles. The normalized spacial score (nSPS) is 25.3. The van der Waals surface area contributed by atoms with E-state index in [2.05, 4.69) is 48.6 Å². The topological polar surface area (TPSA) is 34.1 Å². The SMILES string of the molecule is O=C1c2ccccc2S(c2ccc(S3=C4C=CC=CC4C(=O)c4ccccc43)cc2)=C2C=CC=CC12. The minimum Gasteiger partial charge on any atom is -0.293 e. The second-order valence-electron chi connectivity index (χ2n) is 9.05. The lowest BCUT2D eigenvalue weighted by molar-refractivity contribution is 0.0961. The van der Waals surface area contributed by atoms with E-state index in [0.29, 0.717) is 0 Å². The second kappa shape index (κ2) is 8.51. The van der Waals surface area contributed by atoms with Gasteiger partial charge in [0.15, 0.2) is 11.6 Å². The number of hydrogen-bond acceptors (Lipinski definition) is 2.